The lowest BCUT2D eigenvalue weighted by Crippen LogP contribution is -2.34. The second kappa shape index (κ2) is 8.52. The van der Waals surface area contributed by atoms with Crippen molar-refractivity contribution in [2.24, 2.45) is 0 Å². The molecule has 0 unspecified atom stereocenters. The fraction of sp³-hybridized carbons (Fsp3) is 0.250. The average molecular weight is 448 g/mol. The van der Waals surface area contributed by atoms with Gasteiger partial charge in [-0.1, -0.05) is 46.3 Å². The number of hydrogen-bond acceptors (Lipinski definition) is 3. The Morgan fingerprint density at radius 1 is 1.25 bits per heavy atom. The van der Waals surface area contributed by atoms with Crippen molar-refractivity contribution in [3.8, 4) is 0 Å². The monoisotopic (exact) mass is 447 g/mol. The van der Waals surface area contributed by atoms with Gasteiger partial charge in [0, 0.05) is 10.9 Å². The minimum Gasteiger partial charge on any atom is -0.326 e. The molecule has 1 aliphatic rings. The third-order valence-electron chi connectivity index (χ3n) is 4.59. The molecular formula is C20H19BrFN3O3. The standard InChI is InChI=1S/C20H19BrFN3O3/c1-12(13-5-3-2-4-6-13)25-19(27)17(24-20(25)28)9-10-18(26)23-16-8-7-14(21)11-15(16)22/h2-8,11-12,17H,9-10H2,1H3,(H,23,26)(H,24,28)/t12-,17-/m1/s1. The van der Waals surface area contributed by atoms with Crippen molar-refractivity contribution in [2.45, 2.75) is 31.8 Å². The van der Waals surface area contributed by atoms with E-state index in [1.165, 1.54) is 17.0 Å². The quantitative estimate of drug-likeness (QED) is 0.657. The van der Waals surface area contributed by atoms with Gasteiger partial charge in [0.1, 0.15) is 11.9 Å². The summed E-state index contributed by atoms with van der Waals surface area (Å²) in [5, 5.41) is 5.09. The minimum absolute atomic E-state index is 0.0280. The Bertz CT molecular complexity index is 907. The zero-order valence-electron chi connectivity index (χ0n) is 15.1. The maximum Gasteiger partial charge on any atom is 0.325 e. The van der Waals surface area contributed by atoms with E-state index in [1.807, 2.05) is 30.3 Å². The van der Waals surface area contributed by atoms with E-state index in [-0.39, 0.29) is 24.4 Å². The van der Waals surface area contributed by atoms with Crippen molar-refractivity contribution in [1.29, 1.82) is 0 Å². The molecule has 2 aromatic carbocycles. The zero-order valence-corrected chi connectivity index (χ0v) is 16.7. The van der Waals surface area contributed by atoms with Crippen molar-refractivity contribution in [1.82, 2.24) is 10.2 Å². The second-order valence-corrected chi connectivity index (χ2v) is 7.42. The molecule has 0 radical (unpaired) electrons. The summed E-state index contributed by atoms with van der Waals surface area (Å²) >= 11 is 3.15. The van der Waals surface area contributed by atoms with Gasteiger partial charge in [-0.15, -0.1) is 0 Å². The number of hydrogen-bond donors (Lipinski definition) is 2. The Hall–Kier alpha value is -2.74. The molecule has 4 amide bonds. The Balaban J connectivity index is 1.58. The molecule has 1 aliphatic heterocycles. The van der Waals surface area contributed by atoms with E-state index < -0.39 is 29.8 Å². The minimum atomic E-state index is -0.779. The molecule has 0 spiro atoms. The lowest BCUT2D eigenvalue weighted by Gasteiger charge is -2.21. The topological polar surface area (TPSA) is 78.5 Å². The largest absolute Gasteiger partial charge is 0.326 e. The molecule has 0 saturated carbocycles. The van der Waals surface area contributed by atoms with E-state index in [4.69, 9.17) is 0 Å². The lowest BCUT2D eigenvalue weighted by molar-refractivity contribution is -0.129. The number of imide groups is 1. The van der Waals surface area contributed by atoms with E-state index in [9.17, 15) is 18.8 Å². The zero-order chi connectivity index (χ0) is 20.3. The number of halogens is 2. The number of benzene rings is 2. The summed E-state index contributed by atoms with van der Waals surface area (Å²) in [6, 6.07) is 11.9. The third-order valence-corrected chi connectivity index (χ3v) is 5.08. The average Bonchev–Trinajstić information content (AvgIpc) is 2.96. The number of carbonyl (C=O) groups excluding carboxylic acids is 3. The molecule has 28 heavy (non-hydrogen) atoms. The van der Waals surface area contributed by atoms with Crippen LogP contribution in [-0.4, -0.2) is 28.8 Å². The van der Waals surface area contributed by atoms with Crippen LogP contribution in [0.15, 0.2) is 53.0 Å². The van der Waals surface area contributed by atoms with Crippen LogP contribution in [0.5, 0.6) is 0 Å². The Morgan fingerprint density at radius 2 is 1.96 bits per heavy atom. The molecule has 1 saturated heterocycles. The van der Waals surface area contributed by atoms with Gasteiger partial charge in [0.05, 0.1) is 11.7 Å². The number of anilines is 1. The molecule has 1 heterocycles. The highest BCUT2D eigenvalue weighted by atomic mass is 79.9. The van der Waals surface area contributed by atoms with Crippen molar-refractivity contribution in [3.05, 3.63) is 64.4 Å². The van der Waals surface area contributed by atoms with Crippen LogP contribution in [0.4, 0.5) is 14.9 Å². The molecule has 8 heteroatoms. The van der Waals surface area contributed by atoms with E-state index in [1.54, 1.807) is 13.0 Å². The van der Waals surface area contributed by atoms with Crippen LogP contribution in [0.2, 0.25) is 0 Å². The Kier molecular flexibility index (Phi) is 6.08. The van der Waals surface area contributed by atoms with Gasteiger partial charge in [0.15, 0.2) is 0 Å². The number of rotatable bonds is 6. The molecule has 1 fully saturated rings. The van der Waals surface area contributed by atoms with Crippen LogP contribution in [0.3, 0.4) is 0 Å². The SMILES string of the molecule is C[C@H](c1ccccc1)N1C(=O)N[C@H](CCC(=O)Nc2ccc(Br)cc2F)C1=O. The molecule has 0 aliphatic carbocycles. The molecule has 0 bridgehead atoms. The first-order valence-electron chi connectivity index (χ1n) is 8.80. The molecule has 3 rings (SSSR count). The predicted molar refractivity (Wildman–Crippen MR) is 106 cm³/mol. The molecule has 2 aromatic rings. The third kappa shape index (κ3) is 4.39. The fourth-order valence-electron chi connectivity index (χ4n) is 3.07. The molecule has 2 atom stereocenters. The predicted octanol–water partition coefficient (Wildman–Crippen LogP) is 3.99. The van der Waals surface area contributed by atoms with Gasteiger partial charge in [0.25, 0.3) is 5.91 Å². The smallest absolute Gasteiger partial charge is 0.325 e. The molecule has 6 nitrogen and oxygen atoms in total. The van der Waals surface area contributed by atoms with Gasteiger partial charge in [0.2, 0.25) is 5.91 Å². The number of urea groups is 1. The number of nitrogens with one attached hydrogen (secondary N) is 2. The first-order chi connectivity index (χ1) is 13.4. The van der Waals surface area contributed by atoms with Crippen LogP contribution in [-0.2, 0) is 9.59 Å². The lowest BCUT2D eigenvalue weighted by atomic mass is 10.1. The van der Waals surface area contributed by atoms with Crippen LogP contribution in [0.25, 0.3) is 0 Å². The van der Waals surface area contributed by atoms with Gasteiger partial charge < -0.3 is 10.6 Å². The van der Waals surface area contributed by atoms with Crippen molar-refractivity contribution >= 4 is 39.5 Å². The Morgan fingerprint density at radius 3 is 2.64 bits per heavy atom. The van der Waals surface area contributed by atoms with Gasteiger partial charge in [-0.05, 0) is 37.1 Å². The second-order valence-electron chi connectivity index (χ2n) is 6.51. The van der Waals surface area contributed by atoms with Gasteiger partial charge >= 0.3 is 6.03 Å². The van der Waals surface area contributed by atoms with E-state index in [2.05, 4.69) is 26.6 Å². The summed E-state index contributed by atoms with van der Waals surface area (Å²) in [6.07, 6.45) is 0.103. The first kappa shape index (κ1) is 20.0. The van der Waals surface area contributed by atoms with Crippen molar-refractivity contribution in [2.75, 3.05) is 5.32 Å². The summed E-state index contributed by atoms with van der Waals surface area (Å²) in [5.74, 6) is -1.36. The normalized spacial score (nSPS) is 17.4. The summed E-state index contributed by atoms with van der Waals surface area (Å²) < 4.78 is 14.4. The van der Waals surface area contributed by atoms with E-state index >= 15 is 0 Å². The number of nitrogens with zero attached hydrogens (tertiary/aromatic N) is 1. The summed E-state index contributed by atoms with van der Waals surface area (Å²) in [6.45, 7) is 1.78. The van der Waals surface area contributed by atoms with Crippen LogP contribution < -0.4 is 10.6 Å². The maximum atomic E-state index is 13.8. The van der Waals surface area contributed by atoms with E-state index in [0.29, 0.717) is 4.47 Å². The molecule has 2 N–H and O–H groups in total. The first-order valence-corrected chi connectivity index (χ1v) is 9.59. The highest BCUT2D eigenvalue weighted by molar-refractivity contribution is 9.10. The van der Waals surface area contributed by atoms with Crippen LogP contribution in [0, 0.1) is 5.82 Å². The Labute approximate surface area is 170 Å². The van der Waals surface area contributed by atoms with Gasteiger partial charge in [-0.25, -0.2) is 9.18 Å². The summed E-state index contributed by atoms with van der Waals surface area (Å²) in [7, 11) is 0. The number of amides is 4. The van der Waals surface area contributed by atoms with Crippen LogP contribution >= 0.6 is 15.9 Å². The molecule has 146 valence electrons. The fourth-order valence-corrected chi connectivity index (χ4v) is 3.40. The van der Waals surface area contributed by atoms with E-state index in [0.717, 1.165) is 5.56 Å². The maximum absolute atomic E-state index is 13.8. The summed E-state index contributed by atoms with van der Waals surface area (Å²) in [5.41, 5.74) is 0.907. The highest BCUT2D eigenvalue weighted by Crippen LogP contribution is 2.25. The molecule has 0 aromatic heterocycles. The molecular weight excluding hydrogens is 429 g/mol. The van der Waals surface area contributed by atoms with Crippen molar-refractivity contribution in [3.63, 3.8) is 0 Å². The summed E-state index contributed by atoms with van der Waals surface area (Å²) in [4.78, 5) is 38.2. The van der Waals surface area contributed by atoms with Gasteiger partial charge in [-0.2, -0.15) is 0 Å². The highest BCUT2D eigenvalue weighted by Gasteiger charge is 2.40. The van der Waals surface area contributed by atoms with Crippen LogP contribution in [0.1, 0.15) is 31.4 Å². The van der Waals surface area contributed by atoms with Gasteiger partial charge in [-0.3, -0.25) is 14.5 Å². The van der Waals surface area contributed by atoms with Crippen molar-refractivity contribution < 1.29 is 18.8 Å². The number of carbonyl (C=O) groups is 3.